The Morgan fingerprint density at radius 2 is 2.31 bits per heavy atom. The predicted molar refractivity (Wildman–Crippen MR) is 48.8 cm³/mol. The van der Waals surface area contributed by atoms with Crippen molar-refractivity contribution >= 4 is 34.7 Å². The number of oxazole rings is 1. The van der Waals surface area contributed by atoms with Gasteiger partial charge in [-0.25, -0.2) is 4.98 Å². The topological polar surface area (TPSA) is 69.1 Å². The first-order valence-corrected chi connectivity index (χ1v) is 3.89. The third-order valence-corrected chi connectivity index (χ3v) is 1.87. The van der Waals surface area contributed by atoms with E-state index in [2.05, 4.69) is 4.98 Å². The number of halogens is 1. The average Bonchev–Trinajstić information content (AvgIpc) is 2.47. The first kappa shape index (κ1) is 8.07. The molecular formula is C8H5ClN2O2. The Morgan fingerprint density at radius 3 is 3.00 bits per heavy atom. The summed E-state index contributed by atoms with van der Waals surface area (Å²) in [5.74, 6) is 0.00231. The molecule has 2 rings (SSSR count). The number of carbonyl (C=O) groups excluding carboxylic acids is 1. The average molecular weight is 197 g/mol. The molecule has 4 nitrogen and oxygen atoms in total. The van der Waals surface area contributed by atoms with Crippen molar-refractivity contribution in [3.63, 3.8) is 0 Å². The van der Waals surface area contributed by atoms with Crippen LogP contribution in [-0.4, -0.2) is 11.3 Å². The lowest BCUT2D eigenvalue weighted by Gasteiger charge is -1.93. The summed E-state index contributed by atoms with van der Waals surface area (Å²) < 4.78 is 5.04. The summed E-state index contributed by atoms with van der Waals surface area (Å²) in [4.78, 5) is 14.2. The van der Waals surface area contributed by atoms with Crippen molar-refractivity contribution in [1.82, 2.24) is 4.98 Å². The molecule has 66 valence electrons. The van der Waals surface area contributed by atoms with E-state index in [-0.39, 0.29) is 5.89 Å². The van der Waals surface area contributed by atoms with Crippen molar-refractivity contribution in [2.75, 3.05) is 5.73 Å². The van der Waals surface area contributed by atoms with E-state index in [4.69, 9.17) is 21.8 Å². The van der Waals surface area contributed by atoms with Crippen molar-refractivity contribution in [3.8, 4) is 0 Å². The lowest BCUT2D eigenvalue weighted by atomic mass is 10.3. The molecule has 0 saturated heterocycles. The van der Waals surface area contributed by atoms with E-state index in [0.717, 1.165) is 0 Å². The second-order valence-electron chi connectivity index (χ2n) is 2.52. The van der Waals surface area contributed by atoms with Gasteiger partial charge in [0.25, 0.3) is 5.89 Å². The number of nitrogens with zero attached hydrogens (tertiary/aromatic N) is 1. The molecule has 0 atom stereocenters. The monoisotopic (exact) mass is 196 g/mol. The van der Waals surface area contributed by atoms with Crippen LogP contribution in [0.25, 0.3) is 11.1 Å². The summed E-state index contributed by atoms with van der Waals surface area (Å²) >= 11 is 5.80. The van der Waals surface area contributed by atoms with Crippen LogP contribution in [0.3, 0.4) is 0 Å². The quantitative estimate of drug-likeness (QED) is 0.559. The molecule has 1 heterocycles. The smallest absolute Gasteiger partial charge is 0.260 e. The van der Waals surface area contributed by atoms with E-state index >= 15 is 0 Å². The highest BCUT2D eigenvalue weighted by atomic mass is 35.5. The molecule has 1 aromatic heterocycles. The van der Waals surface area contributed by atoms with Gasteiger partial charge in [-0.2, -0.15) is 0 Å². The summed E-state index contributed by atoms with van der Waals surface area (Å²) in [6.45, 7) is 0. The van der Waals surface area contributed by atoms with Crippen molar-refractivity contribution in [1.29, 1.82) is 0 Å². The number of hydrogen-bond acceptors (Lipinski definition) is 4. The zero-order valence-electron chi connectivity index (χ0n) is 6.45. The van der Waals surface area contributed by atoms with Gasteiger partial charge in [-0.1, -0.05) is 11.6 Å². The van der Waals surface area contributed by atoms with Crippen LogP contribution in [-0.2, 0) is 0 Å². The Morgan fingerprint density at radius 1 is 1.54 bits per heavy atom. The van der Waals surface area contributed by atoms with Crippen LogP contribution in [0.2, 0.25) is 5.02 Å². The van der Waals surface area contributed by atoms with Gasteiger partial charge in [0.15, 0.2) is 5.58 Å². The van der Waals surface area contributed by atoms with Crippen LogP contribution in [0.1, 0.15) is 10.7 Å². The Balaban J connectivity index is 2.82. The van der Waals surface area contributed by atoms with Crippen LogP contribution < -0.4 is 5.73 Å². The highest BCUT2D eigenvalue weighted by Gasteiger charge is 2.08. The SMILES string of the molecule is Nc1cc(Cl)c2oc(C=O)nc2c1. The van der Waals surface area contributed by atoms with Gasteiger partial charge in [0.1, 0.15) is 5.52 Å². The van der Waals surface area contributed by atoms with E-state index < -0.39 is 0 Å². The number of fused-ring (bicyclic) bond motifs is 1. The van der Waals surface area contributed by atoms with Gasteiger partial charge in [0.2, 0.25) is 6.29 Å². The third kappa shape index (κ3) is 1.25. The Hall–Kier alpha value is -1.55. The van der Waals surface area contributed by atoms with Gasteiger partial charge in [0, 0.05) is 5.69 Å². The largest absolute Gasteiger partial charge is 0.432 e. The number of nitrogen functional groups attached to an aromatic ring is 1. The maximum absolute atomic E-state index is 10.3. The first-order chi connectivity index (χ1) is 6.20. The minimum absolute atomic E-state index is 0.00231. The Labute approximate surface area is 78.3 Å². The molecule has 2 N–H and O–H groups in total. The summed E-state index contributed by atoms with van der Waals surface area (Å²) in [5.41, 5.74) is 6.89. The molecule has 0 spiro atoms. The molecule has 0 saturated carbocycles. The van der Waals surface area contributed by atoms with Crippen molar-refractivity contribution < 1.29 is 9.21 Å². The molecule has 5 heteroatoms. The molecule has 0 aliphatic carbocycles. The lowest BCUT2D eigenvalue weighted by molar-refractivity contribution is 0.109. The molecule has 1 aromatic carbocycles. The minimum atomic E-state index is 0.00231. The maximum atomic E-state index is 10.3. The number of anilines is 1. The van der Waals surface area contributed by atoms with E-state index in [1.165, 1.54) is 0 Å². The maximum Gasteiger partial charge on any atom is 0.260 e. The van der Waals surface area contributed by atoms with Crippen molar-refractivity contribution in [3.05, 3.63) is 23.0 Å². The Kier molecular flexibility index (Phi) is 1.70. The fraction of sp³-hybridized carbons (Fsp3) is 0. The summed E-state index contributed by atoms with van der Waals surface area (Å²) in [6, 6.07) is 3.14. The zero-order chi connectivity index (χ0) is 9.42. The summed E-state index contributed by atoms with van der Waals surface area (Å²) in [7, 11) is 0. The predicted octanol–water partition coefficient (Wildman–Crippen LogP) is 1.88. The number of benzene rings is 1. The highest BCUT2D eigenvalue weighted by Crippen LogP contribution is 2.26. The van der Waals surface area contributed by atoms with Gasteiger partial charge in [-0.3, -0.25) is 4.79 Å². The lowest BCUT2D eigenvalue weighted by Crippen LogP contribution is -1.83. The number of rotatable bonds is 1. The van der Waals surface area contributed by atoms with Crippen LogP contribution >= 0.6 is 11.6 Å². The Bertz CT molecular complexity index is 478. The summed E-state index contributed by atoms with van der Waals surface area (Å²) in [6.07, 6.45) is 0.520. The van der Waals surface area contributed by atoms with E-state index in [1.54, 1.807) is 12.1 Å². The van der Waals surface area contributed by atoms with E-state index in [9.17, 15) is 4.79 Å². The molecule has 0 aliphatic rings. The summed E-state index contributed by atoms with van der Waals surface area (Å²) in [5, 5.41) is 0.357. The van der Waals surface area contributed by atoms with Crippen LogP contribution in [0, 0.1) is 0 Å². The number of nitrogens with two attached hydrogens (primary N) is 1. The first-order valence-electron chi connectivity index (χ1n) is 3.51. The molecule has 0 aliphatic heterocycles. The number of aldehydes is 1. The van der Waals surface area contributed by atoms with E-state index in [0.29, 0.717) is 28.1 Å². The normalized spacial score (nSPS) is 10.5. The number of hydrogen-bond donors (Lipinski definition) is 1. The van der Waals surface area contributed by atoms with E-state index in [1.807, 2.05) is 0 Å². The molecule has 0 amide bonds. The van der Waals surface area contributed by atoms with Gasteiger partial charge < -0.3 is 10.2 Å². The molecule has 0 unspecified atom stereocenters. The van der Waals surface area contributed by atoms with Crippen LogP contribution in [0.5, 0.6) is 0 Å². The van der Waals surface area contributed by atoms with Crippen molar-refractivity contribution in [2.45, 2.75) is 0 Å². The fourth-order valence-corrected chi connectivity index (χ4v) is 1.34. The van der Waals surface area contributed by atoms with Gasteiger partial charge >= 0.3 is 0 Å². The molecule has 0 bridgehead atoms. The zero-order valence-corrected chi connectivity index (χ0v) is 7.21. The third-order valence-electron chi connectivity index (χ3n) is 1.58. The van der Waals surface area contributed by atoms with Crippen LogP contribution in [0.4, 0.5) is 5.69 Å². The molecule has 2 aromatic rings. The second-order valence-corrected chi connectivity index (χ2v) is 2.93. The highest BCUT2D eigenvalue weighted by molar-refractivity contribution is 6.35. The number of carbonyl (C=O) groups is 1. The van der Waals surface area contributed by atoms with Gasteiger partial charge in [0.05, 0.1) is 5.02 Å². The van der Waals surface area contributed by atoms with Gasteiger partial charge in [-0.05, 0) is 12.1 Å². The molecule has 13 heavy (non-hydrogen) atoms. The molecular weight excluding hydrogens is 192 g/mol. The van der Waals surface area contributed by atoms with Crippen molar-refractivity contribution in [2.24, 2.45) is 0 Å². The minimum Gasteiger partial charge on any atom is -0.432 e. The molecule has 0 fully saturated rings. The second kappa shape index (κ2) is 2.74. The molecule has 0 radical (unpaired) electrons. The van der Waals surface area contributed by atoms with Crippen LogP contribution in [0.15, 0.2) is 16.5 Å². The van der Waals surface area contributed by atoms with Gasteiger partial charge in [-0.15, -0.1) is 0 Å². The fourth-order valence-electron chi connectivity index (χ4n) is 1.08. The number of aromatic nitrogens is 1. The standard InChI is InChI=1S/C8H5ClN2O2/c9-5-1-4(10)2-6-8(5)13-7(3-12)11-6/h1-3H,10H2.